The highest BCUT2D eigenvalue weighted by atomic mass is 127. The van der Waals surface area contributed by atoms with Crippen LogP contribution < -0.4 is 11.5 Å². The van der Waals surface area contributed by atoms with E-state index in [0.29, 0.717) is 49.3 Å². The summed E-state index contributed by atoms with van der Waals surface area (Å²) < 4.78 is 37.0. The van der Waals surface area contributed by atoms with Gasteiger partial charge in [-0.25, -0.2) is 9.98 Å². The highest BCUT2D eigenvalue weighted by molar-refractivity contribution is 14.1. The van der Waals surface area contributed by atoms with E-state index in [9.17, 15) is 9.59 Å². The monoisotopic (exact) mass is 828 g/mol. The minimum atomic E-state index is -0.944. The van der Waals surface area contributed by atoms with E-state index in [1.165, 1.54) is 39.2 Å². The van der Waals surface area contributed by atoms with Crippen LogP contribution in [0, 0.1) is 5.92 Å². The first-order valence-electron chi connectivity index (χ1n) is 18.0. The maximum Gasteiger partial charge on any atom is 0.322 e. The largest absolute Gasteiger partial charge is 0.483 e. The third-order valence-corrected chi connectivity index (χ3v) is 9.54. The van der Waals surface area contributed by atoms with Gasteiger partial charge in [0, 0.05) is 30.9 Å². The van der Waals surface area contributed by atoms with Gasteiger partial charge < -0.3 is 49.7 Å². The van der Waals surface area contributed by atoms with Crippen molar-refractivity contribution in [2.24, 2.45) is 27.4 Å². The number of carbonyl (C=O) groups is 2. The molecule has 5 N–H and O–H groups in total. The molecule has 15 heteroatoms. The normalized spacial score (nSPS) is 26.6. The summed E-state index contributed by atoms with van der Waals surface area (Å²) in [6.45, 7) is 10.4. The molecule has 0 spiro atoms. The van der Waals surface area contributed by atoms with E-state index < -0.39 is 18.1 Å². The number of carbonyl (C=O) groups excluding carboxylic acids is 1. The molecular weight excluding hydrogens is 763 g/mol. The number of nitrogens with zero attached hydrogens (tertiary/aromatic N) is 2. The third kappa shape index (κ3) is 19.8. The molecule has 0 amide bonds. The summed E-state index contributed by atoms with van der Waals surface area (Å²) in [6, 6.07) is -1.29. The van der Waals surface area contributed by atoms with Crippen molar-refractivity contribution in [1.29, 1.82) is 0 Å². The zero-order valence-corrected chi connectivity index (χ0v) is 33.3. The first kappa shape index (κ1) is 46.4. The zero-order valence-electron chi connectivity index (χ0n) is 31.2. The molecule has 7 atom stereocenters. The molecule has 50 heavy (non-hydrogen) atoms. The predicted molar refractivity (Wildman–Crippen MR) is 202 cm³/mol. The van der Waals surface area contributed by atoms with Gasteiger partial charge in [0.05, 0.1) is 45.7 Å². The van der Waals surface area contributed by atoms with Gasteiger partial charge in [-0.3, -0.25) is 9.59 Å². The van der Waals surface area contributed by atoms with Gasteiger partial charge in [0.2, 0.25) is 11.8 Å². The summed E-state index contributed by atoms with van der Waals surface area (Å²) in [5.74, 6) is 0.463. The number of carboxylic acid groups (broad SMARTS) is 1. The zero-order chi connectivity index (χ0) is 37.3. The van der Waals surface area contributed by atoms with E-state index in [1.54, 1.807) is 14.2 Å². The second-order valence-electron chi connectivity index (χ2n) is 12.9. The van der Waals surface area contributed by atoms with E-state index in [4.69, 9.17) is 45.0 Å². The van der Waals surface area contributed by atoms with Crippen LogP contribution in [-0.4, -0.2) is 130 Å². The fourth-order valence-electron chi connectivity index (χ4n) is 5.53. The minimum absolute atomic E-state index is 0.00806. The van der Waals surface area contributed by atoms with Gasteiger partial charge in [-0.05, 0) is 76.5 Å². The Morgan fingerprint density at radius 3 is 1.62 bits per heavy atom. The van der Waals surface area contributed by atoms with Crippen LogP contribution in [-0.2, 0) is 42.7 Å². The van der Waals surface area contributed by atoms with Crippen molar-refractivity contribution in [2.45, 2.75) is 134 Å². The molecule has 0 aromatic carbocycles. The molecule has 0 saturated carbocycles. The molecule has 2 unspecified atom stereocenters. The number of rotatable bonds is 9. The van der Waals surface area contributed by atoms with E-state index >= 15 is 0 Å². The molecule has 4 fully saturated rings. The number of halogens is 1. The van der Waals surface area contributed by atoms with E-state index in [2.05, 4.69) is 58.1 Å². The Morgan fingerprint density at radius 2 is 1.30 bits per heavy atom. The van der Waals surface area contributed by atoms with Crippen molar-refractivity contribution in [3.8, 4) is 0 Å². The summed E-state index contributed by atoms with van der Waals surface area (Å²) in [4.78, 5) is 29.8. The number of esters is 1. The average molecular weight is 829 g/mol. The average Bonchev–Trinajstić information content (AvgIpc) is 3.98. The molecular formula is C35H65IN4O10. The van der Waals surface area contributed by atoms with Gasteiger partial charge >= 0.3 is 11.9 Å². The first-order valence-corrected chi connectivity index (χ1v) is 19.5. The predicted octanol–water partition coefficient (Wildman–Crippen LogP) is 4.31. The summed E-state index contributed by atoms with van der Waals surface area (Å²) in [5.41, 5.74) is 10.9. The molecule has 5 aliphatic rings. The first-order chi connectivity index (χ1) is 24.0. The van der Waals surface area contributed by atoms with Crippen LogP contribution in [0.3, 0.4) is 0 Å². The Labute approximate surface area is 313 Å². The van der Waals surface area contributed by atoms with Gasteiger partial charge in [-0.15, -0.1) is 0 Å². The van der Waals surface area contributed by atoms with Crippen LogP contribution in [0.2, 0.25) is 0 Å². The topological polar surface area (TPSA) is 196 Å². The molecule has 14 nitrogen and oxygen atoms in total. The highest BCUT2D eigenvalue weighted by Gasteiger charge is 2.25. The molecule has 0 radical (unpaired) electrons. The second-order valence-corrected chi connectivity index (χ2v) is 13.8. The smallest absolute Gasteiger partial charge is 0.322 e. The maximum atomic E-state index is 10.9. The molecule has 5 aliphatic heterocycles. The van der Waals surface area contributed by atoms with Crippen LogP contribution in [0.15, 0.2) is 9.98 Å². The number of methoxy groups -OCH3 is 3. The molecule has 4 saturated heterocycles. The Hall–Kier alpha value is -1.63. The van der Waals surface area contributed by atoms with Crippen LogP contribution in [0.25, 0.3) is 0 Å². The van der Waals surface area contributed by atoms with Crippen molar-refractivity contribution in [3.63, 3.8) is 0 Å². The molecule has 0 aliphatic carbocycles. The number of hydrogen-bond donors (Lipinski definition) is 3. The molecule has 5 heterocycles. The number of carboxylic acids is 1. The van der Waals surface area contributed by atoms with Crippen LogP contribution >= 0.6 is 22.6 Å². The van der Waals surface area contributed by atoms with Crippen molar-refractivity contribution >= 4 is 46.3 Å². The quantitative estimate of drug-likeness (QED) is 0.170. The second kappa shape index (κ2) is 27.9. The van der Waals surface area contributed by atoms with Crippen LogP contribution in [0.4, 0.5) is 0 Å². The third-order valence-electron chi connectivity index (χ3n) is 8.56. The van der Waals surface area contributed by atoms with Gasteiger partial charge in [0.25, 0.3) is 0 Å². The highest BCUT2D eigenvalue weighted by Crippen LogP contribution is 2.18. The van der Waals surface area contributed by atoms with E-state index in [1.807, 2.05) is 0 Å². The number of aliphatic imine (C=N–C) groups is 2. The fraction of sp³-hybridized carbons (Fsp3) is 0.886. The number of nitrogens with two attached hydrogens (primary N) is 2. The Morgan fingerprint density at radius 1 is 0.820 bits per heavy atom. The van der Waals surface area contributed by atoms with Crippen LogP contribution in [0.5, 0.6) is 0 Å². The van der Waals surface area contributed by atoms with E-state index in [-0.39, 0.29) is 24.2 Å². The molecule has 0 aromatic rings. The van der Waals surface area contributed by atoms with Crippen molar-refractivity contribution < 1.29 is 47.9 Å². The minimum Gasteiger partial charge on any atom is -0.483 e. The number of hydrogen-bond acceptors (Lipinski definition) is 13. The van der Waals surface area contributed by atoms with Gasteiger partial charge in [0.1, 0.15) is 24.7 Å². The van der Waals surface area contributed by atoms with Crippen molar-refractivity contribution in [3.05, 3.63) is 0 Å². The Kier molecular flexibility index (Phi) is 25.9. The molecule has 292 valence electrons. The van der Waals surface area contributed by atoms with Crippen molar-refractivity contribution in [1.82, 2.24) is 0 Å². The Balaban J connectivity index is 0.000000319. The summed E-state index contributed by atoms with van der Waals surface area (Å²) >= 11 is 2.36. The number of aliphatic carboxylic acids is 1. The van der Waals surface area contributed by atoms with Gasteiger partial charge in [0.15, 0.2) is 0 Å². The molecule has 0 aromatic heterocycles. The van der Waals surface area contributed by atoms with Crippen LogP contribution in [0.1, 0.15) is 91.4 Å². The van der Waals surface area contributed by atoms with Gasteiger partial charge in [-0.2, -0.15) is 0 Å². The maximum absolute atomic E-state index is 10.9. The SMILES string of the molecule is CC[C@H]1CCCO1.COC(=O)[C@@H](N)CC1CCCO1.COC1=N[C@H](C(C)C)C(OC)=NC1.IC[C@@H]1CCCO1.N[C@@H](CC1CCCO1)C(=O)O. The summed E-state index contributed by atoms with van der Waals surface area (Å²) in [6.07, 6.45) is 12.8. The fourth-order valence-corrected chi connectivity index (χ4v) is 6.23. The lowest BCUT2D eigenvalue weighted by molar-refractivity contribution is -0.143. The summed E-state index contributed by atoms with van der Waals surface area (Å²) in [5, 5.41) is 8.46. The molecule has 5 rings (SSSR count). The number of alkyl halides is 1. The van der Waals surface area contributed by atoms with E-state index in [0.717, 1.165) is 56.5 Å². The standard InChI is InChI=1S/C9H16N2O2.C8H15NO3.C7H13NO3.C6H12O.C5H9IO/c1-6(2)8-9(13-4)10-5-7(11-8)12-3;1-11-8(10)7(9)5-6-3-2-4-12-6;8-6(7(9)10)4-5-2-1-3-11-5;1-2-6-4-3-5-7-6;6-4-5-2-1-3-7-5/h6,8H,5H2,1-4H3;6-7H,2-5,9H2,1H3;5-6H,1-4,8H2,(H,9,10);6H,2-5H2,1H3;5H,1-4H2/t8-;6?,7-;5?,6-;6-;5-/m10000/s1. The lowest BCUT2D eigenvalue weighted by Crippen LogP contribution is -2.34. The number of ether oxygens (including phenoxy) is 7. The summed E-state index contributed by atoms with van der Waals surface area (Å²) in [7, 11) is 4.59. The van der Waals surface area contributed by atoms with Gasteiger partial charge in [-0.1, -0.05) is 43.4 Å². The lowest BCUT2D eigenvalue weighted by Gasteiger charge is -2.22. The molecule has 0 bridgehead atoms. The van der Waals surface area contributed by atoms with Crippen molar-refractivity contribution in [2.75, 3.05) is 58.7 Å². The Bertz CT molecular complexity index is 949. The lowest BCUT2D eigenvalue weighted by atomic mass is 10.0.